The molecule has 4 heteroatoms. The van der Waals surface area contributed by atoms with Gasteiger partial charge in [-0.15, -0.1) is 0 Å². The number of hydrogen-bond acceptors (Lipinski definition) is 4. The molecule has 4 nitrogen and oxygen atoms in total. The highest BCUT2D eigenvalue weighted by Gasteiger charge is 2.20. The minimum atomic E-state index is 0.116. The number of nitrogens with two attached hydrogens (primary N) is 1. The molecule has 0 saturated heterocycles. The summed E-state index contributed by atoms with van der Waals surface area (Å²) in [6.45, 7) is 0. The molecule has 1 atom stereocenters. The minimum absolute atomic E-state index is 0.116. The van der Waals surface area contributed by atoms with Crippen molar-refractivity contribution in [1.29, 1.82) is 0 Å². The Labute approximate surface area is 137 Å². The van der Waals surface area contributed by atoms with Gasteiger partial charge in [-0.2, -0.15) is 0 Å². The second kappa shape index (κ2) is 6.50. The van der Waals surface area contributed by atoms with Crippen molar-refractivity contribution in [1.82, 2.24) is 0 Å². The molecule has 0 aliphatic heterocycles. The van der Waals surface area contributed by atoms with E-state index in [-0.39, 0.29) is 6.04 Å². The van der Waals surface area contributed by atoms with Crippen LogP contribution < -0.4 is 19.9 Å². The van der Waals surface area contributed by atoms with Gasteiger partial charge in [0.2, 0.25) is 5.75 Å². The van der Waals surface area contributed by atoms with Gasteiger partial charge < -0.3 is 19.9 Å². The van der Waals surface area contributed by atoms with Crippen molar-refractivity contribution in [2.75, 3.05) is 21.3 Å². The molecule has 1 aliphatic carbocycles. The second-order valence-corrected chi connectivity index (χ2v) is 5.79. The van der Waals surface area contributed by atoms with Gasteiger partial charge in [-0.1, -0.05) is 12.1 Å². The molecule has 1 aliphatic rings. The molecule has 2 aromatic carbocycles. The molecule has 122 valence electrons. The Morgan fingerprint density at radius 3 is 2.43 bits per heavy atom. The van der Waals surface area contributed by atoms with E-state index in [2.05, 4.69) is 18.2 Å². The lowest BCUT2D eigenvalue weighted by atomic mass is 9.86. The van der Waals surface area contributed by atoms with Crippen molar-refractivity contribution in [2.45, 2.75) is 25.3 Å². The average molecular weight is 313 g/mol. The van der Waals surface area contributed by atoms with Crippen LogP contribution in [0.1, 0.15) is 30.0 Å². The number of methoxy groups -OCH3 is 3. The fraction of sp³-hybridized carbons (Fsp3) is 0.368. The van der Waals surface area contributed by atoms with Gasteiger partial charge in [0, 0.05) is 11.6 Å². The third-order valence-electron chi connectivity index (χ3n) is 4.52. The highest BCUT2D eigenvalue weighted by atomic mass is 16.5. The van der Waals surface area contributed by atoms with E-state index >= 15 is 0 Å². The summed E-state index contributed by atoms with van der Waals surface area (Å²) >= 11 is 0. The molecule has 1 unspecified atom stereocenters. The Kier molecular flexibility index (Phi) is 4.44. The van der Waals surface area contributed by atoms with Gasteiger partial charge in [-0.3, -0.25) is 0 Å². The number of benzene rings is 2. The molecule has 0 amide bonds. The van der Waals surface area contributed by atoms with Gasteiger partial charge in [-0.05, 0) is 54.2 Å². The van der Waals surface area contributed by atoms with Crippen LogP contribution in [0, 0.1) is 0 Å². The molecule has 0 saturated carbocycles. The smallest absolute Gasteiger partial charge is 0.203 e. The Bertz CT molecular complexity index is 712. The molecule has 0 heterocycles. The maximum Gasteiger partial charge on any atom is 0.203 e. The number of fused-ring (bicyclic) bond motifs is 1. The lowest BCUT2D eigenvalue weighted by molar-refractivity contribution is 0.325. The summed E-state index contributed by atoms with van der Waals surface area (Å²) in [7, 11) is 4.88. The molecule has 2 N–H and O–H groups in total. The van der Waals surface area contributed by atoms with Gasteiger partial charge >= 0.3 is 0 Å². The van der Waals surface area contributed by atoms with Crippen molar-refractivity contribution >= 4 is 0 Å². The second-order valence-electron chi connectivity index (χ2n) is 5.79. The third-order valence-corrected chi connectivity index (χ3v) is 4.52. The summed E-state index contributed by atoms with van der Waals surface area (Å²) in [5.74, 6) is 1.94. The van der Waals surface area contributed by atoms with Gasteiger partial charge in [0.15, 0.2) is 11.5 Å². The van der Waals surface area contributed by atoms with Crippen LogP contribution in [0.3, 0.4) is 0 Å². The first kappa shape index (κ1) is 15.7. The minimum Gasteiger partial charge on any atom is -0.493 e. The van der Waals surface area contributed by atoms with Crippen molar-refractivity contribution in [3.63, 3.8) is 0 Å². The van der Waals surface area contributed by atoms with E-state index in [0.717, 1.165) is 30.4 Å². The number of hydrogen-bond donors (Lipinski definition) is 1. The summed E-state index contributed by atoms with van der Waals surface area (Å²) in [5.41, 5.74) is 10.9. The van der Waals surface area contributed by atoms with Gasteiger partial charge in [-0.25, -0.2) is 0 Å². The zero-order valence-corrected chi connectivity index (χ0v) is 13.9. The fourth-order valence-electron chi connectivity index (χ4n) is 3.33. The van der Waals surface area contributed by atoms with Gasteiger partial charge in [0.05, 0.1) is 21.3 Å². The quantitative estimate of drug-likeness (QED) is 0.935. The van der Waals surface area contributed by atoms with E-state index in [1.807, 2.05) is 12.1 Å². The summed E-state index contributed by atoms with van der Waals surface area (Å²) < 4.78 is 16.4. The van der Waals surface area contributed by atoms with Crippen molar-refractivity contribution < 1.29 is 14.2 Å². The van der Waals surface area contributed by atoms with Crippen LogP contribution in [0.15, 0.2) is 30.3 Å². The Morgan fingerprint density at radius 1 is 0.957 bits per heavy atom. The highest BCUT2D eigenvalue weighted by molar-refractivity contribution is 5.77. The molecular weight excluding hydrogens is 290 g/mol. The van der Waals surface area contributed by atoms with E-state index < -0.39 is 0 Å². The average Bonchev–Trinajstić information content (AvgIpc) is 2.60. The predicted octanol–water partition coefficient (Wildman–Crippen LogP) is 3.72. The van der Waals surface area contributed by atoms with Crippen LogP contribution in [0.2, 0.25) is 0 Å². The van der Waals surface area contributed by atoms with E-state index in [9.17, 15) is 0 Å². The monoisotopic (exact) mass is 313 g/mol. The summed E-state index contributed by atoms with van der Waals surface area (Å²) in [6, 6.07) is 10.5. The number of rotatable bonds is 4. The summed E-state index contributed by atoms with van der Waals surface area (Å²) in [5, 5.41) is 0. The van der Waals surface area contributed by atoms with E-state index in [1.165, 1.54) is 11.1 Å². The van der Waals surface area contributed by atoms with Crippen LogP contribution in [0.25, 0.3) is 11.1 Å². The zero-order valence-electron chi connectivity index (χ0n) is 13.9. The summed E-state index contributed by atoms with van der Waals surface area (Å²) in [4.78, 5) is 0. The normalized spacial score (nSPS) is 16.6. The predicted molar refractivity (Wildman–Crippen MR) is 91.4 cm³/mol. The molecule has 23 heavy (non-hydrogen) atoms. The molecule has 0 radical (unpaired) electrons. The van der Waals surface area contributed by atoms with Crippen molar-refractivity contribution in [3.05, 3.63) is 41.5 Å². The highest BCUT2D eigenvalue weighted by Crippen LogP contribution is 2.45. The van der Waals surface area contributed by atoms with Crippen molar-refractivity contribution in [3.8, 4) is 28.4 Å². The van der Waals surface area contributed by atoms with Crippen LogP contribution in [-0.2, 0) is 6.42 Å². The lowest BCUT2D eigenvalue weighted by Crippen LogP contribution is -2.17. The SMILES string of the molecule is COc1ccc(-c2ccc3c(c2)C(N)CCC3)c(OC)c1OC. The van der Waals surface area contributed by atoms with Crippen molar-refractivity contribution in [2.24, 2.45) is 5.73 Å². The van der Waals surface area contributed by atoms with E-state index in [1.54, 1.807) is 21.3 Å². The van der Waals surface area contributed by atoms with Crippen LogP contribution >= 0.6 is 0 Å². The largest absolute Gasteiger partial charge is 0.493 e. The number of aryl methyl sites for hydroxylation is 1. The number of ether oxygens (including phenoxy) is 3. The zero-order chi connectivity index (χ0) is 16.4. The molecule has 0 fully saturated rings. The Balaban J connectivity index is 2.13. The molecular formula is C19H23NO3. The van der Waals surface area contributed by atoms with Gasteiger partial charge in [0.1, 0.15) is 0 Å². The molecule has 3 rings (SSSR count). The van der Waals surface area contributed by atoms with Crippen LogP contribution in [0.4, 0.5) is 0 Å². The Hall–Kier alpha value is -2.20. The summed E-state index contributed by atoms with van der Waals surface area (Å²) in [6.07, 6.45) is 3.30. The van der Waals surface area contributed by atoms with E-state index in [0.29, 0.717) is 17.2 Å². The molecule has 0 spiro atoms. The maximum absolute atomic E-state index is 6.29. The first-order valence-electron chi connectivity index (χ1n) is 7.87. The third kappa shape index (κ3) is 2.75. The fourth-order valence-corrected chi connectivity index (χ4v) is 3.33. The maximum atomic E-state index is 6.29. The van der Waals surface area contributed by atoms with Crippen LogP contribution in [0.5, 0.6) is 17.2 Å². The van der Waals surface area contributed by atoms with E-state index in [4.69, 9.17) is 19.9 Å². The first-order valence-corrected chi connectivity index (χ1v) is 7.87. The molecule has 0 bridgehead atoms. The standard InChI is InChI=1S/C19H23NO3/c1-21-17-10-9-14(18(22-2)19(17)23-3)13-8-7-12-5-4-6-16(20)15(12)11-13/h7-11,16H,4-6,20H2,1-3H3. The lowest BCUT2D eigenvalue weighted by Gasteiger charge is -2.23. The molecule has 2 aromatic rings. The Morgan fingerprint density at radius 2 is 1.74 bits per heavy atom. The first-order chi connectivity index (χ1) is 11.2. The topological polar surface area (TPSA) is 53.7 Å². The van der Waals surface area contributed by atoms with Crippen LogP contribution in [-0.4, -0.2) is 21.3 Å². The van der Waals surface area contributed by atoms with Gasteiger partial charge in [0.25, 0.3) is 0 Å². The molecule has 0 aromatic heterocycles.